The molecular formula is C18H19N5O. The smallest absolute Gasteiger partial charge is 0.293 e. The van der Waals surface area contributed by atoms with E-state index in [1.807, 2.05) is 67.6 Å². The zero-order valence-electron chi connectivity index (χ0n) is 13.5. The molecule has 0 aliphatic heterocycles. The van der Waals surface area contributed by atoms with Gasteiger partial charge in [0.2, 0.25) is 5.82 Å². The van der Waals surface area contributed by atoms with E-state index in [9.17, 15) is 4.79 Å². The van der Waals surface area contributed by atoms with Crippen molar-refractivity contribution in [2.24, 2.45) is 0 Å². The van der Waals surface area contributed by atoms with E-state index >= 15 is 0 Å². The second-order valence-corrected chi connectivity index (χ2v) is 5.45. The molecule has 1 amide bonds. The summed E-state index contributed by atoms with van der Waals surface area (Å²) in [5, 5.41) is 11.4. The van der Waals surface area contributed by atoms with E-state index in [-0.39, 0.29) is 11.7 Å². The molecule has 0 saturated heterocycles. The van der Waals surface area contributed by atoms with Crippen LogP contribution in [0.1, 0.15) is 28.7 Å². The molecule has 6 heteroatoms. The third-order valence-corrected chi connectivity index (χ3v) is 3.74. The van der Waals surface area contributed by atoms with Gasteiger partial charge in [0.1, 0.15) is 0 Å². The minimum atomic E-state index is -0.172. The summed E-state index contributed by atoms with van der Waals surface area (Å²) in [7, 11) is 0. The molecular weight excluding hydrogens is 302 g/mol. The maximum Gasteiger partial charge on any atom is 0.293 e. The molecule has 0 spiro atoms. The van der Waals surface area contributed by atoms with Crippen LogP contribution in [0.4, 0.5) is 0 Å². The first-order valence-corrected chi connectivity index (χ1v) is 7.91. The second kappa shape index (κ2) is 7.50. The molecule has 0 bridgehead atoms. The number of nitrogens with zero attached hydrogens (tertiary/aromatic N) is 5. The van der Waals surface area contributed by atoms with Gasteiger partial charge in [0.25, 0.3) is 5.91 Å². The monoisotopic (exact) mass is 321 g/mol. The van der Waals surface area contributed by atoms with E-state index in [4.69, 9.17) is 0 Å². The molecule has 3 rings (SSSR count). The first kappa shape index (κ1) is 15.9. The maximum atomic E-state index is 13.0. The summed E-state index contributed by atoms with van der Waals surface area (Å²) in [6, 6.07) is 19.8. The van der Waals surface area contributed by atoms with Gasteiger partial charge in [0.15, 0.2) is 0 Å². The highest BCUT2D eigenvalue weighted by molar-refractivity contribution is 5.90. The van der Waals surface area contributed by atoms with Crippen LogP contribution in [0.15, 0.2) is 60.7 Å². The van der Waals surface area contributed by atoms with Gasteiger partial charge in [-0.15, -0.1) is 5.10 Å². The first-order chi connectivity index (χ1) is 11.8. The average molecular weight is 321 g/mol. The fraction of sp³-hybridized carbons (Fsp3) is 0.222. The molecule has 122 valence electrons. The lowest BCUT2D eigenvalue weighted by atomic mass is 10.1. The van der Waals surface area contributed by atoms with Crippen LogP contribution >= 0.6 is 0 Å². The van der Waals surface area contributed by atoms with Crippen molar-refractivity contribution in [2.75, 3.05) is 0 Å². The van der Waals surface area contributed by atoms with E-state index in [2.05, 4.69) is 15.5 Å². The molecule has 0 unspecified atom stereocenters. The van der Waals surface area contributed by atoms with Crippen LogP contribution < -0.4 is 0 Å². The molecule has 0 fully saturated rings. The molecule has 6 nitrogen and oxygen atoms in total. The van der Waals surface area contributed by atoms with Gasteiger partial charge in [-0.1, -0.05) is 60.7 Å². The summed E-state index contributed by atoms with van der Waals surface area (Å²) >= 11 is 0. The largest absolute Gasteiger partial charge is 0.327 e. The first-order valence-electron chi connectivity index (χ1n) is 7.91. The zero-order chi connectivity index (χ0) is 16.8. The highest BCUT2D eigenvalue weighted by Crippen LogP contribution is 2.13. The Bertz CT molecular complexity index is 744. The number of carbonyl (C=O) groups is 1. The maximum absolute atomic E-state index is 13.0. The zero-order valence-corrected chi connectivity index (χ0v) is 13.5. The van der Waals surface area contributed by atoms with Gasteiger partial charge < -0.3 is 4.90 Å². The van der Waals surface area contributed by atoms with Crippen LogP contribution in [0.2, 0.25) is 0 Å². The lowest BCUT2D eigenvalue weighted by Crippen LogP contribution is -2.32. The van der Waals surface area contributed by atoms with Gasteiger partial charge in [-0.3, -0.25) is 4.79 Å². The number of rotatable bonds is 6. The van der Waals surface area contributed by atoms with Crippen molar-refractivity contribution in [3.8, 4) is 0 Å². The highest BCUT2D eigenvalue weighted by atomic mass is 16.2. The molecule has 0 aliphatic rings. The summed E-state index contributed by atoms with van der Waals surface area (Å²) in [6.45, 7) is 3.47. The third kappa shape index (κ3) is 3.65. The van der Waals surface area contributed by atoms with Crippen molar-refractivity contribution < 1.29 is 4.79 Å². The van der Waals surface area contributed by atoms with Gasteiger partial charge in [0.05, 0.1) is 0 Å². The van der Waals surface area contributed by atoms with E-state index < -0.39 is 0 Å². The van der Waals surface area contributed by atoms with Crippen molar-refractivity contribution in [3.63, 3.8) is 0 Å². The molecule has 0 radical (unpaired) electrons. The molecule has 0 saturated carbocycles. The Morgan fingerprint density at radius 3 is 2.00 bits per heavy atom. The van der Waals surface area contributed by atoms with Crippen LogP contribution in [0, 0.1) is 0 Å². The minimum absolute atomic E-state index is 0.172. The average Bonchev–Trinajstić information content (AvgIpc) is 3.11. The van der Waals surface area contributed by atoms with Crippen molar-refractivity contribution >= 4 is 5.91 Å². The van der Waals surface area contributed by atoms with Crippen LogP contribution in [-0.2, 0) is 19.6 Å². The SMILES string of the molecule is CCn1nnnc1C(=O)N(Cc1ccccc1)Cc1ccccc1. The summed E-state index contributed by atoms with van der Waals surface area (Å²) in [5.74, 6) is 0.0962. The summed E-state index contributed by atoms with van der Waals surface area (Å²) in [4.78, 5) is 14.7. The fourth-order valence-corrected chi connectivity index (χ4v) is 2.52. The molecule has 24 heavy (non-hydrogen) atoms. The molecule has 3 aromatic rings. The van der Waals surface area contributed by atoms with Gasteiger partial charge in [0, 0.05) is 19.6 Å². The number of aromatic nitrogens is 4. The van der Waals surface area contributed by atoms with E-state index in [0.717, 1.165) is 11.1 Å². The Labute approximate surface area is 140 Å². The van der Waals surface area contributed by atoms with Crippen LogP contribution in [-0.4, -0.2) is 31.0 Å². The predicted octanol–water partition coefficient (Wildman–Crippen LogP) is 2.54. The van der Waals surface area contributed by atoms with E-state index in [1.54, 1.807) is 4.90 Å². The van der Waals surface area contributed by atoms with Crippen molar-refractivity contribution in [1.29, 1.82) is 0 Å². The Morgan fingerprint density at radius 2 is 1.50 bits per heavy atom. The summed E-state index contributed by atoms with van der Waals surface area (Å²) < 4.78 is 1.52. The summed E-state index contributed by atoms with van der Waals surface area (Å²) in [5.41, 5.74) is 2.13. The van der Waals surface area contributed by atoms with Crippen LogP contribution in [0.3, 0.4) is 0 Å². The molecule has 1 aromatic heterocycles. The predicted molar refractivity (Wildman–Crippen MR) is 90.0 cm³/mol. The molecule has 0 N–H and O–H groups in total. The number of carbonyl (C=O) groups excluding carboxylic acids is 1. The fourth-order valence-electron chi connectivity index (χ4n) is 2.52. The van der Waals surface area contributed by atoms with Crippen LogP contribution in [0.25, 0.3) is 0 Å². The van der Waals surface area contributed by atoms with Crippen molar-refractivity contribution in [1.82, 2.24) is 25.1 Å². The number of aryl methyl sites for hydroxylation is 1. The minimum Gasteiger partial charge on any atom is -0.327 e. The number of benzene rings is 2. The molecule has 1 heterocycles. The number of hydrogen-bond donors (Lipinski definition) is 0. The normalized spacial score (nSPS) is 10.5. The van der Waals surface area contributed by atoms with Gasteiger partial charge in [-0.05, 0) is 28.5 Å². The topological polar surface area (TPSA) is 63.9 Å². The lowest BCUT2D eigenvalue weighted by Gasteiger charge is -2.22. The molecule has 2 aromatic carbocycles. The third-order valence-electron chi connectivity index (χ3n) is 3.74. The molecule has 0 aliphatic carbocycles. The van der Waals surface area contributed by atoms with Gasteiger partial charge in [-0.25, -0.2) is 4.68 Å². The van der Waals surface area contributed by atoms with Gasteiger partial charge >= 0.3 is 0 Å². The molecule has 0 atom stereocenters. The number of tetrazole rings is 1. The lowest BCUT2D eigenvalue weighted by molar-refractivity contribution is 0.0710. The Hall–Kier alpha value is -3.02. The van der Waals surface area contributed by atoms with E-state index in [1.165, 1.54) is 4.68 Å². The Kier molecular flexibility index (Phi) is 4.96. The van der Waals surface area contributed by atoms with Crippen LogP contribution in [0.5, 0.6) is 0 Å². The number of hydrogen-bond acceptors (Lipinski definition) is 4. The van der Waals surface area contributed by atoms with Gasteiger partial charge in [-0.2, -0.15) is 0 Å². The highest BCUT2D eigenvalue weighted by Gasteiger charge is 2.22. The number of amides is 1. The Balaban J connectivity index is 1.87. The standard InChI is InChI=1S/C18H19N5O/c1-2-23-17(19-20-21-23)18(24)22(13-15-9-5-3-6-10-15)14-16-11-7-4-8-12-16/h3-12H,2,13-14H2,1H3. The summed E-state index contributed by atoms with van der Waals surface area (Å²) in [6.07, 6.45) is 0. The quantitative estimate of drug-likeness (QED) is 0.700. The van der Waals surface area contributed by atoms with Crippen molar-refractivity contribution in [2.45, 2.75) is 26.6 Å². The van der Waals surface area contributed by atoms with E-state index in [0.29, 0.717) is 19.6 Å². The van der Waals surface area contributed by atoms with Crippen molar-refractivity contribution in [3.05, 3.63) is 77.6 Å². The second-order valence-electron chi connectivity index (χ2n) is 5.45. The Morgan fingerprint density at radius 1 is 0.958 bits per heavy atom.